The number of hydrogen-bond acceptors (Lipinski definition) is 6. The summed E-state index contributed by atoms with van der Waals surface area (Å²) in [5.41, 5.74) is 1.05. The van der Waals surface area contributed by atoms with E-state index in [1.54, 1.807) is 19.4 Å². The zero-order chi connectivity index (χ0) is 15.5. The van der Waals surface area contributed by atoms with Crippen LogP contribution in [0, 0.1) is 6.92 Å². The molecule has 1 aliphatic heterocycles. The maximum atomic E-state index is 12.5. The highest BCUT2D eigenvalue weighted by Crippen LogP contribution is 2.20. The van der Waals surface area contributed by atoms with Crippen LogP contribution in [0.2, 0.25) is 0 Å². The number of piperazine rings is 1. The molecule has 0 aliphatic carbocycles. The van der Waals surface area contributed by atoms with E-state index in [1.807, 2.05) is 23.3 Å². The number of carbonyl (C=O) groups is 1. The van der Waals surface area contributed by atoms with Gasteiger partial charge in [0.1, 0.15) is 0 Å². The molecule has 8 heteroatoms. The first-order chi connectivity index (χ1) is 10.7. The molecule has 1 saturated heterocycles. The van der Waals surface area contributed by atoms with Crippen molar-refractivity contribution in [2.75, 3.05) is 38.2 Å². The van der Waals surface area contributed by atoms with Crippen molar-refractivity contribution >= 4 is 35.6 Å². The number of methoxy groups -OCH3 is 1. The fourth-order valence-corrected chi connectivity index (χ4v) is 3.34. The minimum atomic E-state index is 0. The van der Waals surface area contributed by atoms with Gasteiger partial charge in [0.05, 0.1) is 12.0 Å². The van der Waals surface area contributed by atoms with Gasteiger partial charge >= 0.3 is 0 Å². The maximum absolute atomic E-state index is 12.5. The molecule has 124 valence electrons. The quantitative estimate of drug-likeness (QED) is 0.846. The highest BCUT2D eigenvalue weighted by molar-refractivity contribution is 7.12. The standard InChI is InChI=1S/C15H18N4O2S.ClH/c1-11-4-10-22-13(11)14(20)18-6-8-19(9-7-18)15-16-5-3-12(17-15)21-2;/h3-5,10H,6-9H2,1-2H3;1H. The molecular formula is C15H19ClN4O2S. The summed E-state index contributed by atoms with van der Waals surface area (Å²) in [4.78, 5) is 25.9. The van der Waals surface area contributed by atoms with E-state index in [2.05, 4.69) is 14.9 Å². The Morgan fingerprint density at radius 1 is 1.26 bits per heavy atom. The van der Waals surface area contributed by atoms with Crippen molar-refractivity contribution in [3.63, 3.8) is 0 Å². The topological polar surface area (TPSA) is 58.6 Å². The van der Waals surface area contributed by atoms with Crippen LogP contribution in [0.3, 0.4) is 0 Å². The first-order valence-electron chi connectivity index (χ1n) is 7.14. The van der Waals surface area contributed by atoms with Gasteiger partial charge in [-0.1, -0.05) is 0 Å². The lowest BCUT2D eigenvalue weighted by Crippen LogP contribution is -2.49. The molecule has 0 spiro atoms. The second kappa shape index (κ2) is 7.61. The predicted molar refractivity (Wildman–Crippen MR) is 93.0 cm³/mol. The molecule has 1 fully saturated rings. The summed E-state index contributed by atoms with van der Waals surface area (Å²) in [5.74, 6) is 1.33. The van der Waals surface area contributed by atoms with Crippen molar-refractivity contribution in [3.05, 3.63) is 34.2 Å². The molecule has 3 heterocycles. The molecule has 2 aromatic heterocycles. The number of halogens is 1. The zero-order valence-electron chi connectivity index (χ0n) is 13.1. The zero-order valence-corrected chi connectivity index (χ0v) is 14.7. The number of aryl methyl sites for hydroxylation is 1. The van der Waals surface area contributed by atoms with Crippen molar-refractivity contribution in [2.24, 2.45) is 0 Å². The van der Waals surface area contributed by atoms with Crippen molar-refractivity contribution in [1.29, 1.82) is 0 Å². The van der Waals surface area contributed by atoms with Crippen molar-refractivity contribution in [2.45, 2.75) is 6.92 Å². The number of anilines is 1. The van der Waals surface area contributed by atoms with Crippen LogP contribution >= 0.6 is 23.7 Å². The smallest absolute Gasteiger partial charge is 0.264 e. The Hall–Kier alpha value is -1.86. The molecular weight excluding hydrogens is 336 g/mol. The van der Waals surface area contributed by atoms with E-state index in [9.17, 15) is 4.79 Å². The Kier molecular flexibility index (Phi) is 5.79. The summed E-state index contributed by atoms with van der Waals surface area (Å²) in [5, 5.41) is 1.96. The highest BCUT2D eigenvalue weighted by Gasteiger charge is 2.25. The third-order valence-corrected chi connectivity index (χ3v) is 4.74. The molecule has 0 atom stereocenters. The third-order valence-electron chi connectivity index (χ3n) is 3.73. The van der Waals surface area contributed by atoms with Gasteiger partial charge in [0, 0.05) is 38.4 Å². The molecule has 2 aromatic rings. The number of ether oxygens (including phenoxy) is 1. The minimum Gasteiger partial charge on any atom is -0.481 e. The van der Waals surface area contributed by atoms with E-state index in [0.717, 1.165) is 23.5 Å². The fourth-order valence-electron chi connectivity index (χ4n) is 2.44. The van der Waals surface area contributed by atoms with Gasteiger partial charge in [0.25, 0.3) is 5.91 Å². The summed E-state index contributed by atoms with van der Waals surface area (Å²) in [6.45, 7) is 4.78. The van der Waals surface area contributed by atoms with Gasteiger partial charge in [-0.25, -0.2) is 4.98 Å². The number of aromatic nitrogens is 2. The summed E-state index contributed by atoms with van der Waals surface area (Å²) >= 11 is 1.51. The Morgan fingerprint density at radius 3 is 2.61 bits per heavy atom. The van der Waals surface area contributed by atoms with E-state index < -0.39 is 0 Å². The van der Waals surface area contributed by atoms with Crippen molar-refractivity contribution in [3.8, 4) is 5.88 Å². The van der Waals surface area contributed by atoms with E-state index in [-0.39, 0.29) is 18.3 Å². The first-order valence-corrected chi connectivity index (χ1v) is 8.02. The van der Waals surface area contributed by atoms with Gasteiger partial charge in [-0.15, -0.1) is 23.7 Å². The average molecular weight is 355 g/mol. The Balaban J connectivity index is 0.00000192. The summed E-state index contributed by atoms with van der Waals surface area (Å²) in [6.07, 6.45) is 1.69. The SMILES string of the molecule is COc1ccnc(N2CCN(C(=O)c3sccc3C)CC2)n1.Cl. The predicted octanol–water partition coefficient (Wildman–Crippen LogP) is 2.24. The Labute approximate surface area is 145 Å². The highest BCUT2D eigenvalue weighted by atomic mass is 35.5. The van der Waals surface area contributed by atoms with Crippen LogP contribution < -0.4 is 9.64 Å². The third kappa shape index (κ3) is 3.73. The van der Waals surface area contributed by atoms with E-state index >= 15 is 0 Å². The largest absolute Gasteiger partial charge is 0.481 e. The second-order valence-electron chi connectivity index (χ2n) is 5.11. The lowest BCUT2D eigenvalue weighted by atomic mass is 10.2. The number of carbonyl (C=O) groups excluding carboxylic acids is 1. The van der Waals surface area contributed by atoms with Gasteiger partial charge in [-0.3, -0.25) is 4.79 Å². The molecule has 0 unspecified atom stereocenters. The molecule has 0 N–H and O–H groups in total. The second-order valence-corrected chi connectivity index (χ2v) is 6.03. The van der Waals surface area contributed by atoms with Gasteiger partial charge in [0.15, 0.2) is 0 Å². The van der Waals surface area contributed by atoms with Crippen LogP contribution in [0.15, 0.2) is 23.7 Å². The van der Waals surface area contributed by atoms with Crippen LogP contribution in [-0.4, -0.2) is 54.1 Å². The summed E-state index contributed by atoms with van der Waals surface area (Å²) in [7, 11) is 1.59. The van der Waals surface area contributed by atoms with Crippen molar-refractivity contribution < 1.29 is 9.53 Å². The van der Waals surface area contributed by atoms with Crippen LogP contribution in [0.5, 0.6) is 5.88 Å². The molecule has 23 heavy (non-hydrogen) atoms. The normalized spacial score (nSPS) is 14.3. The number of hydrogen-bond donors (Lipinski definition) is 0. The van der Waals surface area contributed by atoms with Crippen LogP contribution in [0.4, 0.5) is 5.95 Å². The number of amides is 1. The maximum Gasteiger partial charge on any atom is 0.264 e. The number of thiophene rings is 1. The molecule has 1 amide bonds. The molecule has 0 radical (unpaired) electrons. The van der Waals surface area contributed by atoms with Crippen LogP contribution in [-0.2, 0) is 0 Å². The Morgan fingerprint density at radius 2 is 2.00 bits per heavy atom. The average Bonchev–Trinajstić information content (AvgIpc) is 3.00. The molecule has 0 bridgehead atoms. The number of nitrogens with zero attached hydrogens (tertiary/aromatic N) is 4. The van der Waals surface area contributed by atoms with Gasteiger partial charge in [0.2, 0.25) is 11.8 Å². The minimum absolute atomic E-state index is 0. The van der Waals surface area contributed by atoms with E-state index in [4.69, 9.17) is 4.74 Å². The molecule has 1 aliphatic rings. The van der Waals surface area contributed by atoms with Crippen LogP contribution in [0.1, 0.15) is 15.2 Å². The van der Waals surface area contributed by atoms with Gasteiger partial charge < -0.3 is 14.5 Å². The lowest BCUT2D eigenvalue weighted by Gasteiger charge is -2.34. The molecule has 0 saturated carbocycles. The molecule has 3 rings (SSSR count). The molecule has 0 aromatic carbocycles. The monoisotopic (exact) mass is 354 g/mol. The van der Waals surface area contributed by atoms with E-state index in [0.29, 0.717) is 24.9 Å². The fraction of sp³-hybridized carbons (Fsp3) is 0.400. The van der Waals surface area contributed by atoms with Gasteiger partial charge in [-0.2, -0.15) is 4.98 Å². The molecule has 6 nitrogen and oxygen atoms in total. The first kappa shape index (κ1) is 17.5. The van der Waals surface area contributed by atoms with Gasteiger partial charge in [-0.05, 0) is 23.9 Å². The Bertz CT molecular complexity index is 671. The summed E-state index contributed by atoms with van der Waals surface area (Å²) in [6, 6.07) is 3.71. The van der Waals surface area contributed by atoms with Crippen molar-refractivity contribution in [1.82, 2.24) is 14.9 Å². The summed E-state index contributed by atoms with van der Waals surface area (Å²) < 4.78 is 5.13. The van der Waals surface area contributed by atoms with E-state index in [1.165, 1.54) is 11.3 Å². The number of rotatable bonds is 3. The lowest BCUT2D eigenvalue weighted by molar-refractivity contribution is 0.0750. The van der Waals surface area contributed by atoms with Crippen LogP contribution in [0.25, 0.3) is 0 Å².